The van der Waals surface area contributed by atoms with Crippen LogP contribution in [0.25, 0.3) is 0 Å². The Bertz CT molecular complexity index is 588. The number of carbonyl (C=O) groups excluding carboxylic acids is 1. The predicted octanol–water partition coefficient (Wildman–Crippen LogP) is 0.353. The van der Waals surface area contributed by atoms with Crippen LogP contribution in [0.5, 0.6) is 0 Å². The summed E-state index contributed by atoms with van der Waals surface area (Å²) in [5.74, 6) is 0.940. The monoisotopic (exact) mass is 361 g/mol. The van der Waals surface area contributed by atoms with Crippen LogP contribution in [-0.4, -0.2) is 90.5 Å². The Labute approximate surface area is 154 Å². The van der Waals surface area contributed by atoms with Crippen molar-refractivity contribution in [2.24, 2.45) is 0 Å². The van der Waals surface area contributed by atoms with E-state index in [0.717, 1.165) is 38.4 Å². The molecule has 3 aliphatic heterocycles. The van der Waals surface area contributed by atoms with Crippen LogP contribution in [-0.2, 0) is 14.3 Å². The predicted molar refractivity (Wildman–Crippen MR) is 95.7 cm³/mol. The van der Waals surface area contributed by atoms with E-state index in [9.17, 15) is 4.79 Å². The normalized spacial score (nSPS) is 25.6. The summed E-state index contributed by atoms with van der Waals surface area (Å²) in [4.78, 5) is 27.8. The number of piperazine rings is 1. The Morgan fingerprint density at radius 2 is 1.77 bits per heavy atom. The maximum Gasteiger partial charge on any atom is 0.236 e. The molecule has 0 aliphatic carbocycles. The van der Waals surface area contributed by atoms with Crippen molar-refractivity contribution in [1.82, 2.24) is 19.8 Å². The Balaban J connectivity index is 1.30. The lowest BCUT2D eigenvalue weighted by atomic mass is 10.0. The van der Waals surface area contributed by atoms with Crippen molar-refractivity contribution >= 4 is 11.9 Å². The van der Waals surface area contributed by atoms with Gasteiger partial charge >= 0.3 is 0 Å². The average molecular weight is 361 g/mol. The quantitative estimate of drug-likeness (QED) is 0.766. The van der Waals surface area contributed by atoms with Crippen molar-refractivity contribution in [3.63, 3.8) is 0 Å². The minimum atomic E-state index is -0.171. The molecule has 0 spiro atoms. The van der Waals surface area contributed by atoms with E-state index in [1.54, 1.807) is 12.4 Å². The number of amides is 1. The molecule has 0 aromatic carbocycles. The van der Waals surface area contributed by atoms with Gasteiger partial charge in [-0.2, -0.15) is 0 Å². The summed E-state index contributed by atoms with van der Waals surface area (Å²) >= 11 is 0. The Morgan fingerprint density at radius 3 is 2.50 bits per heavy atom. The van der Waals surface area contributed by atoms with Gasteiger partial charge in [0.25, 0.3) is 0 Å². The van der Waals surface area contributed by atoms with Crippen molar-refractivity contribution in [1.29, 1.82) is 0 Å². The Hall–Kier alpha value is -1.77. The molecule has 0 N–H and O–H groups in total. The molecule has 26 heavy (non-hydrogen) atoms. The maximum atomic E-state index is 12.8. The van der Waals surface area contributed by atoms with Gasteiger partial charge in [-0.25, -0.2) is 9.97 Å². The van der Waals surface area contributed by atoms with Crippen LogP contribution in [0, 0.1) is 0 Å². The van der Waals surface area contributed by atoms with E-state index >= 15 is 0 Å². The number of nitrogens with zero attached hydrogens (tertiary/aromatic N) is 5. The molecule has 142 valence electrons. The van der Waals surface area contributed by atoms with E-state index < -0.39 is 0 Å². The number of piperidine rings is 1. The molecule has 8 nitrogen and oxygen atoms in total. The van der Waals surface area contributed by atoms with Crippen LogP contribution >= 0.6 is 0 Å². The zero-order valence-corrected chi connectivity index (χ0v) is 15.1. The fourth-order valence-electron chi connectivity index (χ4n) is 4.00. The molecule has 3 saturated heterocycles. The highest BCUT2D eigenvalue weighted by Gasteiger charge is 2.35. The second kappa shape index (κ2) is 8.28. The fraction of sp³-hybridized carbons (Fsp3) is 0.722. The molecular formula is C18H27N5O3. The van der Waals surface area contributed by atoms with Gasteiger partial charge in [0.1, 0.15) is 0 Å². The largest absolute Gasteiger partial charge is 0.349 e. The van der Waals surface area contributed by atoms with E-state index in [4.69, 9.17) is 9.47 Å². The number of hydrogen-bond donors (Lipinski definition) is 0. The molecule has 4 heterocycles. The van der Waals surface area contributed by atoms with Gasteiger partial charge in [-0.1, -0.05) is 6.42 Å². The van der Waals surface area contributed by atoms with Crippen molar-refractivity contribution in [3.05, 3.63) is 18.5 Å². The summed E-state index contributed by atoms with van der Waals surface area (Å²) in [7, 11) is 0. The summed E-state index contributed by atoms with van der Waals surface area (Å²) in [5.41, 5.74) is 0. The summed E-state index contributed by atoms with van der Waals surface area (Å²) in [5, 5.41) is 0. The number of anilines is 1. The van der Waals surface area contributed by atoms with Crippen LogP contribution < -0.4 is 4.90 Å². The first kappa shape index (κ1) is 17.6. The lowest BCUT2D eigenvalue weighted by Gasteiger charge is -2.40. The van der Waals surface area contributed by atoms with Crippen LogP contribution in [0.3, 0.4) is 0 Å². The van der Waals surface area contributed by atoms with Gasteiger partial charge < -0.3 is 19.3 Å². The van der Waals surface area contributed by atoms with Crippen LogP contribution in [0.15, 0.2) is 18.5 Å². The first-order valence-electron chi connectivity index (χ1n) is 9.58. The third-order valence-corrected chi connectivity index (χ3v) is 5.43. The van der Waals surface area contributed by atoms with Gasteiger partial charge in [0.2, 0.25) is 11.9 Å². The fourth-order valence-corrected chi connectivity index (χ4v) is 4.00. The number of likely N-dealkylation sites (tertiary alicyclic amines) is 1. The van der Waals surface area contributed by atoms with E-state index in [2.05, 4.69) is 19.8 Å². The van der Waals surface area contributed by atoms with Gasteiger partial charge in [-0.05, 0) is 25.5 Å². The molecule has 3 fully saturated rings. The van der Waals surface area contributed by atoms with E-state index in [0.29, 0.717) is 32.8 Å². The molecule has 0 bridgehead atoms. The Kier molecular flexibility index (Phi) is 5.62. The topological polar surface area (TPSA) is 71.0 Å². The zero-order chi connectivity index (χ0) is 17.8. The molecule has 3 aliphatic rings. The molecular weight excluding hydrogens is 334 g/mol. The number of rotatable bonds is 4. The molecule has 1 aromatic rings. The lowest BCUT2D eigenvalue weighted by molar-refractivity contribution is -0.140. The van der Waals surface area contributed by atoms with E-state index in [1.165, 1.54) is 6.42 Å². The minimum Gasteiger partial charge on any atom is -0.349 e. The molecule has 1 amide bonds. The highest BCUT2D eigenvalue weighted by molar-refractivity contribution is 5.78. The number of carbonyl (C=O) groups is 1. The third-order valence-electron chi connectivity index (χ3n) is 5.43. The van der Waals surface area contributed by atoms with Crippen molar-refractivity contribution in [3.8, 4) is 0 Å². The van der Waals surface area contributed by atoms with Gasteiger partial charge in [-0.15, -0.1) is 0 Å². The summed E-state index contributed by atoms with van der Waals surface area (Å²) < 4.78 is 11.4. The standard InChI is InChI=1S/C18H27N5O3/c24-16(14-23-7-2-1-4-15(23)17-25-12-13-26-17)21-8-10-22(11-9-21)18-19-5-3-6-20-18/h3,5-6,15,17H,1-2,4,7-14H2. The highest BCUT2D eigenvalue weighted by Crippen LogP contribution is 2.24. The molecule has 0 saturated carbocycles. The summed E-state index contributed by atoms with van der Waals surface area (Å²) in [6, 6.07) is 2.02. The van der Waals surface area contributed by atoms with Crippen LogP contribution in [0.4, 0.5) is 5.95 Å². The lowest BCUT2D eigenvalue weighted by Crippen LogP contribution is -2.55. The number of aromatic nitrogens is 2. The molecule has 1 unspecified atom stereocenters. The molecule has 1 atom stereocenters. The van der Waals surface area contributed by atoms with Crippen molar-refractivity contribution in [2.45, 2.75) is 31.6 Å². The summed E-state index contributed by atoms with van der Waals surface area (Å²) in [6.07, 6.45) is 6.68. The SMILES string of the molecule is O=C(CN1CCCCC1C1OCCO1)N1CCN(c2ncccn2)CC1. The van der Waals surface area contributed by atoms with Gasteiger partial charge in [-0.3, -0.25) is 9.69 Å². The van der Waals surface area contributed by atoms with Crippen LogP contribution in [0.1, 0.15) is 19.3 Å². The smallest absolute Gasteiger partial charge is 0.236 e. The first-order chi connectivity index (χ1) is 12.8. The molecule has 8 heteroatoms. The highest BCUT2D eigenvalue weighted by atomic mass is 16.7. The first-order valence-corrected chi connectivity index (χ1v) is 9.58. The number of hydrogen-bond acceptors (Lipinski definition) is 7. The minimum absolute atomic E-state index is 0.171. The van der Waals surface area contributed by atoms with Gasteiger partial charge in [0.15, 0.2) is 6.29 Å². The van der Waals surface area contributed by atoms with Gasteiger partial charge in [0, 0.05) is 38.6 Å². The van der Waals surface area contributed by atoms with E-state index in [1.807, 2.05) is 11.0 Å². The van der Waals surface area contributed by atoms with E-state index in [-0.39, 0.29) is 18.2 Å². The average Bonchev–Trinajstić information content (AvgIpc) is 3.24. The molecule has 1 aromatic heterocycles. The maximum absolute atomic E-state index is 12.8. The molecule has 4 rings (SSSR count). The molecule has 0 radical (unpaired) electrons. The summed E-state index contributed by atoms with van der Waals surface area (Å²) in [6.45, 7) is 5.69. The number of ether oxygens (including phenoxy) is 2. The zero-order valence-electron chi connectivity index (χ0n) is 15.1. The third kappa shape index (κ3) is 3.97. The second-order valence-electron chi connectivity index (χ2n) is 7.06. The van der Waals surface area contributed by atoms with Gasteiger partial charge in [0.05, 0.1) is 25.8 Å². The second-order valence-corrected chi connectivity index (χ2v) is 7.06. The Morgan fingerprint density at radius 1 is 1.04 bits per heavy atom. The van der Waals surface area contributed by atoms with Crippen molar-refractivity contribution in [2.75, 3.05) is 57.4 Å². The van der Waals surface area contributed by atoms with Crippen molar-refractivity contribution < 1.29 is 14.3 Å². The van der Waals surface area contributed by atoms with Crippen LogP contribution in [0.2, 0.25) is 0 Å².